The standard InChI is InChI=1S/C13H16N2O2S/c1-10(18-7-6-17-2)13(16)15-12-5-3-4-11(8-12)9-14/h3-5,8,10H,6-7H2,1-2H3,(H,15,16). The largest absolute Gasteiger partial charge is 0.384 e. The summed E-state index contributed by atoms with van der Waals surface area (Å²) in [6.07, 6.45) is 0. The Kier molecular flexibility index (Phi) is 6.26. The second-order valence-electron chi connectivity index (χ2n) is 3.69. The van der Waals surface area contributed by atoms with Gasteiger partial charge in [-0.3, -0.25) is 4.79 Å². The number of nitriles is 1. The van der Waals surface area contributed by atoms with Crippen LogP contribution in [-0.2, 0) is 9.53 Å². The summed E-state index contributed by atoms with van der Waals surface area (Å²) in [5, 5.41) is 11.4. The van der Waals surface area contributed by atoms with Crippen molar-refractivity contribution in [1.82, 2.24) is 0 Å². The van der Waals surface area contributed by atoms with Gasteiger partial charge in [0, 0.05) is 18.6 Å². The number of methoxy groups -OCH3 is 1. The van der Waals surface area contributed by atoms with E-state index in [2.05, 4.69) is 5.32 Å². The van der Waals surface area contributed by atoms with Gasteiger partial charge in [-0.1, -0.05) is 6.07 Å². The van der Waals surface area contributed by atoms with E-state index in [4.69, 9.17) is 10.00 Å². The van der Waals surface area contributed by atoms with E-state index < -0.39 is 0 Å². The third-order valence-electron chi connectivity index (χ3n) is 2.28. The summed E-state index contributed by atoms with van der Waals surface area (Å²) in [5.41, 5.74) is 1.19. The minimum absolute atomic E-state index is 0.0637. The van der Waals surface area contributed by atoms with E-state index in [1.165, 1.54) is 11.8 Å². The summed E-state index contributed by atoms with van der Waals surface area (Å²) >= 11 is 1.54. The summed E-state index contributed by atoms with van der Waals surface area (Å²) in [4.78, 5) is 11.9. The van der Waals surface area contributed by atoms with Crippen LogP contribution in [0.3, 0.4) is 0 Å². The van der Waals surface area contributed by atoms with Gasteiger partial charge in [0.25, 0.3) is 0 Å². The fourth-order valence-corrected chi connectivity index (χ4v) is 2.12. The zero-order valence-electron chi connectivity index (χ0n) is 10.5. The predicted molar refractivity (Wildman–Crippen MR) is 73.6 cm³/mol. The molecule has 4 nitrogen and oxygen atoms in total. The van der Waals surface area contributed by atoms with Gasteiger partial charge in [-0.25, -0.2) is 0 Å². The minimum Gasteiger partial charge on any atom is -0.384 e. The molecule has 18 heavy (non-hydrogen) atoms. The number of hydrogen-bond donors (Lipinski definition) is 1. The molecule has 0 heterocycles. The molecular weight excluding hydrogens is 248 g/mol. The van der Waals surface area contributed by atoms with Crippen molar-refractivity contribution in [2.24, 2.45) is 0 Å². The second-order valence-corrected chi connectivity index (χ2v) is 5.14. The van der Waals surface area contributed by atoms with Crippen molar-refractivity contribution < 1.29 is 9.53 Å². The minimum atomic E-state index is -0.147. The number of carbonyl (C=O) groups excluding carboxylic acids is 1. The second kappa shape index (κ2) is 7.75. The molecule has 0 aliphatic rings. The molecule has 0 aliphatic carbocycles. The quantitative estimate of drug-likeness (QED) is 0.801. The highest BCUT2D eigenvalue weighted by Gasteiger charge is 2.13. The van der Waals surface area contributed by atoms with E-state index in [0.717, 1.165) is 5.75 Å². The fourth-order valence-electron chi connectivity index (χ4n) is 1.29. The first-order valence-corrected chi connectivity index (χ1v) is 6.64. The number of nitrogens with zero attached hydrogens (tertiary/aromatic N) is 1. The molecule has 0 saturated carbocycles. The van der Waals surface area contributed by atoms with E-state index >= 15 is 0 Å². The van der Waals surface area contributed by atoms with Crippen LogP contribution in [0.1, 0.15) is 12.5 Å². The zero-order chi connectivity index (χ0) is 13.4. The SMILES string of the molecule is COCCSC(C)C(=O)Nc1cccc(C#N)c1. The molecule has 1 unspecified atom stereocenters. The number of hydrogen-bond acceptors (Lipinski definition) is 4. The molecule has 1 rings (SSSR count). The predicted octanol–water partition coefficient (Wildman–Crippen LogP) is 2.26. The highest BCUT2D eigenvalue weighted by Crippen LogP contribution is 2.15. The molecule has 1 aromatic carbocycles. The van der Waals surface area contributed by atoms with E-state index in [-0.39, 0.29) is 11.2 Å². The van der Waals surface area contributed by atoms with Crippen LogP contribution in [0.2, 0.25) is 0 Å². The summed E-state index contributed by atoms with van der Waals surface area (Å²) in [6.45, 7) is 2.48. The molecule has 1 aromatic rings. The number of amides is 1. The molecule has 0 aromatic heterocycles. The van der Waals surface area contributed by atoms with Gasteiger partial charge in [-0.2, -0.15) is 5.26 Å². The van der Waals surface area contributed by atoms with Crippen LogP contribution >= 0.6 is 11.8 Å². The Bertz CT molecular complexity index is 443. The lowest BCUT2D eigenvalue weighted by molar-refractivity contribution is -0.115. The first-order valence-electron chi connectivity index (χ1n) is 5.59. The van der Waals surface area contributed by atoms with Gasteiger partial charge in [-0.05, 0) is 25.1 Å². The molecular formula is C13H16N2O2S. The number of carbonyl (C=O) groups is 1. The van der Waals surface area contributed by atoms with E-state index in [0.29, 0.717) is 17.9 Å². The summed E-state index contributed by atoms with van der Waals surface area (Å²) in [5.74, 6) is 0.717. The molecule has 1 amide bonds. The number of anilines is 1. The van der Waals surface area contributed by atoms with Gasteiger partial charge in [-0.15, -0.1) is 11.8 Å². The monoisotopic (exact) mass is 264 g/mol. The van der Waals surface area contributed by atoms with Gasteiger partial charge < -0.3 is 10.1 Å². The first-order chi connectivity index (χ1) is 8.67. The molecule has 0 aliphatic heterocycles. The van der Waals surface area contributed by atoms with Crippen LogP contribution in [0.25, 0.3) is 0 Å². The Hall–Kier alpha value is -1.51. The molecule has 0 saturated heterocycles. The van der Waals surface area contributed by atoms with Crippen molar-refractivity contribution >= 4 is 23.4 Å². The molecule has 1 N–H and O–H groups in total. The van der Waals surface area contributed by atoms with Crippen molar-refractivity contribution in [3.05, 3.63) is 29.8 Å². The molecule has 0 bridgehead atoms. The maximum atomic E-state index is 11.9. The van der Waals surface area contributed by atoms with Crippen molar-refractivity contribution in [1.29, 1.82) is 5.26 Å². The fraction of sp³-hybridized carbons (Fsp3) is 0.385. The van der Waals surface area contributed by atoms with Crippen LogP contribution in [0.5, 0.6) is 0 Å². The molecule has 0 spiro atoms. The van der Waals surface area contributed by atoms with E-state index in [9.17, 15) is 4.79 Å². The van der Waals surface area contributed by atoms with Gasteiger partial charge >= 0.3 is 0 Å². The van der Waals surface area contributed by atoms with Crippen molar-refractivity contribution in [3.8, 4) is 6.07 Å². The lowest BCUT2D eigenvalue weighted by Gasteiger charge is -2.11. The van der Waals surface area contributed by atoms with E-state index in [1.807, 2.05) is 13.0 Å². The molecule has 0 radical (unpaired) electrons. The van der Waals surface area contributed by atoms with Gasteiger partial charge in [0.15, 0.2) is 0 Å². The Labute approximate surface area is 111 Å². The Morgan fingerprint density at radius 2 is 2.39 bits per heavy atom. The van der Waals surface area contributed by atoms with Crippen molar-refractivity contribution in [2.45, 2.75) is 12.2 Å². The maximum absolute atomic E-state index is 11.9. The van der Waals surface area contributed by atoms with E-state index in [1.54, 1.807) is 31.4 Å². The van der Waals surface area contributed by atoms with Crippen LogP contribution < -0.4 is 5.32 Å². The number of ether oxygens (including phenoxy) is 1. The number of thioether (sulfide) groups is 1. The van der Waals surface area contributed by atoms with Crippen molar-refractivity contribution in [3.63, 3.8) is 0 Å². The number of nitrogens with one attached hydrogen (secondary N) is 1. The molecule has 96 valence electrons. The highest BCUT2D eigenvalue weighted by molar-refractivity contribution is 8.00. The average molecular weight is 264 g/mol. The first kappa shape index (κ1) is 14.6. The summed E-state index contributed by atoms with van der Waals surface area (Å²) in [7, 11) is 1.64. The van der Waals surface area contributed by atoms with Gasteiger partial charge in [0.1, 0.15) is 0 Å². The third-order valence-corrected chi connectivity index (χ3v) is 3.40. The summed E-state index contributed by atoms with van der Waals surface area (Å²) in [6, 6.07) is 8.91. The van der Waals surface area contributed by atoms with Gasteiger partial charge in [0.05, 0.1) is 23.5 Å². The molecule has 5 heteroatoms. The zero-order valence-corrected chi connectivity index (χ0v) is 11.3. The third kappa shape index (κ3) is 4.78. The Balaban J connectivity index is 2.50. The molecule has 0 fully saturated rings. The van der Waals surface area contributed by atoms with Crippen LogP contribution in [-0.4, -0.2) is 30.6 Å². The number of benzene rings is 1. The smallest absolute Gasteiger partial charge is 0.237 e. The number of rotatable bonds is 6. The molecule has 1 atom stereocenters. The Morgan fingerprint density at radius 3 is 3.06 bits per heavy atom. The highest BCUT2D eigenvalue weighted by atomic mass is 32.2. The lowest BCUT2D eigenvalue weighted by atomic mass is 10.2. The van der Waals surface area contributed by atoms with Crippen LogP contribution in [0.15, 0.2) is 24.3 Å². The normalized spacial score (nSPS) is 11.6. The average Bonchev–Trinajstić information content (AvgIpc) is 2.39. The topological polar surface area (TPSA) is 62.1 Å². The maximum Gasteiger partial charge on any atom is 0.237 e. The van der Waals surface area contributed by atoms with Crippen molar-refractivity contribution in [2.75, 3.05) is 24.8 Å². The summed E-state index contributed by atoms with van der Waals surface area (Å²) < 4.78 is 4.93. The van der Waals surface area contributed by atoms with Crippen LogP contribution in [0.4, 0.5) is 5.69 Å². The Morgan fingerprint density at radius 1 is 1.61 bits per heavy atom. The van der Waals surface area contributed by atoms with Gasteiger partial charge in [0.2, 0.25) is 5.91 Å². The van der Waals surface area contributed by atoms with Crippen LogP contribution in [0, 0.1) is 11.3 Å². The lowest BCUT2D eigenvalue weighted by Crippen LogP contribution is -2.23.